The van der Waals surface area contributed by atoms with Gasteiger partial charge in [0.15, 0.2) is 0 Å². The number of hydrogen-bond donors (Lipinski definition) is 2. The number of nitrogens with zero attached hydrogens (tertiary/aromatic N) is 1. The summed E-state index contributed by atoms with van der Waals surface area (Å²) in [4.78, 5) is 26.5. The minimum atomic E-state index is -4.81. The number of carbonyl (C=O) groups excluding carboxylic acids is 2. The molecule has 148 valence electrons. The van der Waals surface area contributed by atoms with Gasteiger partial charge in [0, 0.05) is 18.3 Å². The average molecular weight is 385 g/mol. The average Bonchev–Trinajstić information content (AvgIpc) is 2.95. The number of benzene rings is 1. The Morgan fingerprint density at radius 3 is 2.63 bits per heavy atom. The van der Waals surface area contributed by atoms with E-state index >= 15 is 0 Å². The minimum Gasteiger partial charge on any atom is -0.406 e. The first kappa shape index (κ1) is 19.5. The van der Waals surface area contributed by atoms with Crippen molar-refractivity contribution in [2.45, 2.75) is 56.5 Å². The Labute approximate surface area is 154 Å². The Kier molecular flexibility index (Phi) is 5.32. The lowest BCUT2D eigenvalue weighted by Crippen LogP contribution is -2.58. The first-order valence-electron chi connectivity index (χ1n) is 8.95. The molecule has 1 aromatic carbocycles. The van der Waals surface area contributed by atoms with Crippen LogP contribution in [0.3, 0.4) is 0 Å². The summed E-state index contributed by atoms with van der Waals surface area (Å²) in [6.07, 6.45) is -0.481. The van der Waals surface area contributed by atoms with Crippen LogP contribution in [0.4, 0.5) is 18.9 Å². The van der Waals surface area contributed by atoms with E-state index in [1.807, 2.05) is 0 Å². The van der Waals surface area contributed by atoms with Gasteiger partial charge in [0.1, 0.15) is 11.8 Å². The van der Waals surface area contributed by atoms with Crippen molar-refractivity contribution in [2.75, 3.05) is 11.4 Å². The molecule has 9 heteroatoms. The van der Waals surface area contributed by atoms with E-state index in [1.165, 1.54) is 17.0 Å². The molecule has 1 atom stereocenters. The molecule has 3 rings (SSSR count). The molecular formula is C18H22F3N3O3. The molecule has 2 aliphatic rings. The van der Waals surface area contributed by atoms with Crippen LogP contribution in [0.5, 0.6) is 5.75 Å². The number of hydrogen-bond acceptors (Lipinski definition) is 4. The molecule has 0 aromatic heterocycles. The molecular weight excluding hydrogens is 363 g/mol. The van der Waals surface area contributed by atoms with Crippen molar-refractivity contribution >= 4 is 17.5 Å². The summed E-state index contributed by atoms with van der Waals surface area (Å²) in [5.41, 5.74) is 5.53. The molecule has 2 amide bonds. The van der Waals surface area contributed by atoms with E-state index in [9.17, 15) is 22.8 Å². The van der Waals surface area contributed by atoms with E-state index in [0.717, 1.165) is 31.4 Å². The second-order valence-corrected chi connectivity index (χ2v) is 7.07. The van der Waals surface area contributed by atoms with E-state index in [2.05, 4.69) is 10.1 Å². The van der Waals surface area contributed by atoms with Gasteiger partial charge in [0.05, 0.1) is 5.54 Å². The number of anilines is 1. The van der Waals surface area contributed by atoms with Crippen molar-refractivity contribution in [3.63, 3.8) is 0 Å². The zero-order valence-corrected chi connectivity index (χ0v) is 14.7. The predicted molar refractivity (Wildman–Crippen MR) is 92.0 cm³/mol. The van der Waals surface area contributed by atoms with Gasteiger partial charge in [-0.15, -0.1) is 13.2 Å². The summed E-state index contributed by atoms with van der Waals surface area (Å²) < 4.78 is 41.0. The summed E-state index contributed by atoms with van der Waals surface area (Å²) in [6, 6.07) is 4.50. The zero-order chi connectivity index (χ0) is 19.7. The van der Waals surface area contributed by atoms with Crippen molar-refractivity contribution < 1.29 is 27.5 Å². The number of rotatable bonds is 4. The Morgan fingerprint density at radius 1 is 1.26 bits per heavy atom. The highest BCUT2D eigenvalue weighted by molar-refractivity contribution is 6.02. The topological polar surface area (TPSA) is 84.7 Å². The Bertz CT molecular complexity index is 717. The van der Waals surface area contributed by atoms with Crippen molar-refractivity contribution in [1.82, 2.24) is 5.32 Å². The lowest BCUT2D eigenvalue weighted by Gasteiger charge is -2.32. The Hall–Kier alpha value is -2.29. The summed E-state index contributed by atoms with van der Waals surface area (Å²) in [6.45, 7) is 0.289. The van der Waals surface area contributed by atoms with Gasteiger partial charge in [-0.2, -0.15) is 0 Å². The molecule has 1 aliphatic heterocycles. The fourth-order valence-corrected chi connectivity index (χ4v) is 3.63. The van der Waals surface area contributed by atoms with E-state index in [-0.39, 0.29) is 18.4 Å². The minimum absolute atomic E-state index is 0.289. The third-order valence-corrected chi connectivity index (χ3v) is 5.07. The van der Waals surface area contributed by atoms with Crippen LogP contribution in [-0.2, 0) is 9.59 Å². The third-order valence-electron chi connectivity index (χ3n) is 5.07. The van der Waals surface area contributed by atoms with E-state index < -0.39 is 23.7 Å². The van der Waals surface area contributed by atoms with Crippen molar-refractivity contribution in [3.8, 4) is 5.75 Å². The highest BCUT2D eigenvalue weighted by Crippen LogP contribution is 2.30. The van der Waals surface area contributed by atoms with E-state index in [1.54, 1.807) is 0 Å². The monoisotopic (exact) mass is 385 g/mol. The molecule has 1 unspecified atom stereocenters. The predicted octanol–water partition coefficient (Wildman–Crippen LogP) is 2.47. The van der Waals surface area contributed by atoms with Gasteiger partial charge in [-0.1, -0.05) is 25.3 Å². The fraction of sp³-hybridized carbons (Fsp3) is 0.556. The van der Waals surface area contributed by atoms with Gasteiger partial charge in [-0.25, -0.2) is 0 Å². The normalized spacial score (nSPS) is 22.6. The molecule has 0 spiro atoms. The van der Waals surface area contributed by atoms with Crippen LogP contribution in [-0.4, -0.2) is 36.3 Å². The smallest absolute Gasteiger partial charge is 0.406 e. The Morgan fingerprint density at radius 2 is 1.96 bits per heavy atom. The molecule has 0 bridgehead atoms. The quantitative estimate of drug-likeness (QED) is 0.834. The molecule has 2 fully saturated rings. The van der Waals surface area contributed by atoms with Gasteiger partial charge in [0.25, 0.3) is 0 Å². The molecule has 1 heterocycles. The second-order valence-electron chi connectivity index (χ2n) is 7.07. The maximum atomic E-state index is 12.6. The largest absolute Gasteiger partial charge is 0.573 e. The molecule has 1 aliphatic carbocycles. The lowest BCUT2D eigenvalue weighted by molar-refractivity contribution is -0.274. The van der Waals surface area contributed by atoms with Crippen LogP contribution >= 0.6 is 0 Å². The highest BCUT2D eigenvalue weighted by Gasteiger charge is 2.40. The standard InChI is InChI=1S/C18H22F3N3O3/c19-18(20,21)27-13-6-4-5-12(11-13)24-10-7-14(15(24)25)23-16(26)17(22)8-2-1-3-9-17/h4-6,11,14H,1-3,7-10,22H2,(H,23,26). The Balaban J connectivity index is 1.66. The van der Waals surface area contributed by atoms with Gasteiger partial charge in [0.2, 0.25) is 11.8 Å². The molecule has 27 heavy (non-hydrogen) atoms. The van der Waals surface area contributed by atoms with Crippen molar-refractivity contribution in [2.24, 2.45) is 5.73 Å². The van der Waals surface area contributed by atoms with Crippen LogP contribution in [0, 0.1) is 0 Å². The van der Waals surface area contributed by atoms with Crippen LogP contribution in [0.2, 0.25) is 0 Å². The summed E-state index contributed by atoms with van der Waals surface area (Å²) >= 11 is 0. The molecule has 1 aromatic rings. The third kappa shape index (κ3) is 4.52. The number of halogens is 3. The lowest BCUT2D eigenvalue weighted by atomic mass is 9.81. The second kappa shape index (κ2) is 7.38. The number of amides is 2. The highest BCUT2D eigenvalue weighted by atomic mass is 19.4. The zero-order valence-electron chi connectivity index (χ0n) is 14.7. The summed E-state index contributed by atoms with van der Waals surface area (Å²) in [5.74, 6) is -1.10. The number of alkyl halides is 3. The number of nitrogens with one attached hydrogen (secondary N) is 1. The number of carbonyl (C=O) groups is 2. The van der Waals surface area contributed by atoms with Crippen LogP contribution < -0.4 is 20.7 Å². The molecule has 6 nitrogen and oxygen atoms in total. The van der Waals surface area contributed by atoms with Gasteiger partial charge >= 0.3 is 6.36 Å². The van der Waals surface area contributed by atoms with Crippen LogP contribution in [0.25, 0.3) is 0 Å². The summed E-state index contributed by atoms with van der Waals surface area (Å²) in [5, 5.41) is 2.73. The summed E-state index contributed by atoms with van der Waals surface area (Å²) in [7, 11) is 0. The molecule has 1 saturated carbocycles. The van der Waals surface area contributed by atoms with Gasteiger partial charge in [-0.3, -0.25) is 9.59 Å². The number of nitrogens with two attached hydrogens (primary N) is 1. The molecule has 1 saturated heterocycles. The van der Waals surface area contributed by atoms with Crippen molar-refractivity contribution in [1.29, 1.82) is 0 Å². The van der Waals surface area contributed by atoms with Gasteiger partial charge < -0.3 is 20.7 Å². The SMILES string of the molecule is NC1(C(=O)NC2CCN(c3cccc(OC(F)(F)F)c3)C2=O)CCCCC1. The van der Waals surface area contributed by atoms with Crippen molar-refractivity contribution in [3.05, 3.63) is 24.3 Å². The maximum Gasteiger partial charge on any atom is 0.573 e. The van der Waals surface area contributed by atoms with Gasteiger partial charge in [-0.05, 0) is 31.4 Å². The van der Waals surface area contributed by atoms with Crippen LogP contribution in [0.1, 0.15) is 38.5 Å². The molecule has 0 radical (unpaired) electrons. The fourth-order valence-electron chi connectivity index (χ4n) is 3.63. The maximum absolute atomic E-state index is 12.6. The van der Waals surface area contributed by atoms with E-state index in [4.69, 9.17) is 5.73 Å². The van der Waals surface area contributed by atoms with E-state index in [0.29, 0.717) is 24.9 Å². The first-order valence-corrected chi connectivity index (χ1v) is 8.95. The first-order chi connectivity index (χ1) is 12.7. The molecule has 3 N–H and O–H groups in total. The number of ether oxygens (including phenoxy) is 1. The van der Waals surface area contributed by atoms with Crippen LogP contribution in [0.15, 0.2) is 24.3 Å².